The molecule has 0 aliphatic heterocycles. The zero-order valence-electron chi connectivity index (χ0n) is 20.6. The van der Waals surface area contributed by atoms with Crippen LogP contribution in [0.4, 0.5) is 0 Å². The van der Waals surface area contributed by atoms with Gasteiger partial charge in [0.15, 0.2) is 5.82 Å². The largest absolute Gasteiger partial charge is 0.497 e. The molecule has 4 rings (SSSR count). The second kappa shape index (κ2) is 10.9. The third-order valence-electron chi connectivity index (χ3n) is 5.93. The molecule has 0 aliphatic rings. The molecule has 0 spiro atoms. The third-order valence-corrected chi connectivity index (χ3v) is 6.89. The first-order valence-corrected chi connectivity index (χ1v) is 12.3. The minimum Gasteiger partial charge on any atom is -0.497 e. The molecule has 0 amide bonds. The summed E-state index contributed by atoms with van der Waals surface area (Å²) in [6.07, 6.45) is 3.33. The molecule has 2 aromatic heterocycles. The van der Waals surface area contributed by atoms with Crippen molar-refractivity contribution in [3.8, 4) is 17.2 Å². The summed E-state index contributed by atoms with van der Waals surface area (Å²) in [5, 5.41) is 8.20. The fourth-order valence-corrected chi connectivity index (χ4v) is 4.75. The lowest BCUT2D eigenvalue weighted by Crippen LogP contribution is -2.31. The first-order chi connectivity index (χ1) is 16.9. The molecule has 0 fully saturated rings. The van der Waals surface area contributed by atoms with Crippen molar-refractivity contribution < 1.29 is 14.2 Å². The quantitative estimate of drug-likeness (QED) is 0.362. The molecule has 0 saturated carbocycles. The normalized spacial score (nSPS) is 13.7. The summed E-state index contributed by atoms with van der Waals surface area (Å²) < 4.78 is 18.1. The lowest BCUT2D eigenvalue weighted by molar-refractivity contribution is 0.402. The molecule has 35 heavy (non-hydrogen) atoms. The van der Waals surface area contributed by atoms with Gasteiger partial charge in [-0.1, -0.05) is 30.4 Å². The number of fused-ring (bicyclic) bond motifs is 1. The van der Waals surface area contributed by atoms with Crippen molar-refractivity contribution in [1.29, 1.82) is 0 Å². The number of hydrogen-bond acceptors (Lipinski definition) is 8. The van der Waals surface area contributed by atoms with Gasteiger partial charge in [-0.25, -0.2) is 4.98 Å². The van der Waals surface area contributed by atoms with Crippen LogP contribution in [0.15, 0.2) is 47.3 Å². The van der Waals surface area contributed by atoms with Crippen LogP contribution in [-0.2, 0) is 6.42 Å². The van der Waals surface area contributed by atoms with Gasteiger partial charge >= 0.3 is 0 Å². The van der Waals surface area contributed by atoms with E-state index in [9.17, 15) is 4.79 Å². The van der Waals surface area contributed by atoms with Crippen LogP contribution in [0.25, 0.3) is 11.0 Å². The van der Waals surface area contributed by atoms with E-state index in [4.69, 9.17) is 14.2 Å². The van der Waals surface area contributed by atoms with Gasteiger partial charge in [0.1, 0.15) is 17.2 Å². The first-order valence-electron chi connectivity index (χ1n) is 11.5. The summed E-state index contributed by atoms with van der Waals surface area (Å²) in [6.45, 7) is 4.29. The van der Waals surface area contributed by atoms with Gasteiger partial charge < -0.3 is 19.5 Å². The van der Waals surface area contributed by atoms with Crippen molar-refractivity contribution in [2.75, 3.05) is 21.3 Å². The number of nitrogens with zero attached hydrogens (tertiary/aromatic N) is 3. The molecule has 9 heteroatoms. The van der Waals surface area contributed by atoms with E-state index >= 15 is 0 Å². The number of rotatable bonds is 10. The van der Waals surface area contributed by atoms with Gasteiger partial charge in [0.05, 0.1) is 25.9 Å². The molecule has 0 radical (unpaired) electrons. The fraction of sp³-hybridized carbons (Fsp3) is 0.346. The number of hydrogen-bond donors (Lipinski definition) is 1. The Morgan fingerprint density at radius 1 is 1.09 bits per heavy atom. The molecule has 2 heterocycles. The SMILES string of the molecule is CCC(C)NC(Cc1nc2s/c(=C\c3cc(OC)ccc3OC)c(=O)n2n1)c1cccc(OC)c1. The van der Waals surface area contributed by atoms with E-state index < -0.39 is 0 Å². The van der Waals surface area contributed by atoms with E-state index in [0.29, 0.717) is 39.3 Å². The molecule has 8 nitrogen and oxygen atoms in total. The van der Waals surface area contributed by atoms with Crippen molar-refractivity contribution >= 4 is 22.4 Å². The van der Waals surface area contributed by atoms with Gasteiger partial charge in [0.2, 0.25) is 4.96 Å². The van der Waals surface area contributed by atoms with Crippen molar-refractivity contribution in [2.45, 2.75) is 38.8 Å². The maximum absolute atomic E-state index is 13.1. The maximum Gasteiger partial charge on any atom is 0.291 e. The predicted octanol–water partition coefficient (Wildman–Crippen LogP) is 3.40. The zero-order valence-corrected chi connectivity index (χ0v) is 21.4. The number of aromatic nitrogens is 3. The van der Waals surface area contributed by atoms with Crippen LogP contribution in [0.3, 0.4) is 0 Å². The van der Waals surface area contributed by atoms with E-state index in [-0.39, 0.29) is 11.6 Å². The van der Waals surface area contributed by atoms with Crippen LogP contribution < -0.4 is 29.6 Å². The van der Waals surface area contributed by atoms with E-state index in [2.05, 4.69) is 35.3 Å². The molecular weight excluding hydrogens is 464 g/mol. The molecule has 2 atom stereocenters. The Hall–Kier alpha value is -3.43. The summed E-state index contributed by atoms with van der Waals surface area (Å²) in [5.41, 5.74) is 1.63. The summed E-state index contributed by atoms with van der Waals surface area (Å²) in [5.74, 6) is 2.75. The molecule has 2 unspecified atom stereocenters. The average Bonchev–Trinajstić information content (AvgIpc) is 3.41. The highest BCUT2D eigenvalue weighted by atomic mass is 32.1. The van der Waals surface area contributed by atoms with Crippen molar-refractivity contribution in [3.63, 3.8) is 0 Å². The smallest absolute Gasteiger partial charge is 0.291 e. The topological polar surface area (TPSA) is 87.0 Å². The number of nitrogens with one attached hydrogen (secondary N) is 1. The Balaban J connectivity index is 1.67. The van der Waals surface area contributed by atoms with E-state index in [1.165, 1.54) is 15.9 Å². The standard InChI is InChI=1S/C26H30N4O4S/c1-6-16(2)27-21(17-8-7-9-19(12-17)32-3)15-24-28-26-30(29-24)25(31)23(35-26)14-18-13-20(33-4)10-11-22(18)34-5/h7-14,16,21,27H,6,15H2,1-5H3/b23-14-. The third kappa shape index (κ3) is 5.47. The van der Waals surface area contributed by atoms with E-state index in [1.807, 2.05) is 36.4 Å². The van der Waals surface area contributed by atoms with Gasteiger partial charge in [-0.15, -0.1) is 5.10 Å². The Bertz CT molecular complexity index is 1410. The van der Waals surface area contributed by atoms with Crippen LogP contribution >= 0.6 is 11.3 Å². The number of methoxy groups -OCH3 is 3. The molecular formula is C26H30N4O4S. The van der Waals surface area contributed by atoms with Crippen molar-refractivity contribution in [2.24, 2.45) is 0 Å². The van der Waals surface area contributed by atoms with Crippen LogP contribution in [0.1, 0.15) is 43.3 Å². The van der Waals surface area contributed by atoms with Crippen LogP contribution in [0.5, 0.6) is 17.2 Å². The highest BCUT2D eigenvalue weighted by molar-refractivity contribution is 7.15. The van der Waals surface area contributed by atoms with Crippen molar-refractivity contribution in [1.82, 2.24) is 19.9 Å². The zero-order chi connectivity index (χ0) is 24.9. The fourth-order valence-electron chi connectivity index (χ4n) is 3.83. The Morgan fingerprint density at radius 2 is 1.86 bits per heavy atom. The molecule has 0 saturated heterocycles. The number of thiazole rings is 1. The lowest BCUT2D eigenvalue weighted by Gasteiger charge is -2.22. The minimum absolute atomic E-state index is 0.0145. The lowest BCUT2D eigenvalue weighted by atomic mass is 10.0. The van der Waals surface area contributed by atoms with Gasteiger partial charge in [-0.3, -0.25) is 4.79 Å². The molecule has 184 valence electrons. The summed E-state index contributed by atoms with van der Waals surface area (Å²) in [6, 6.07) is 13.7. The van der Waals surface area contributed by atoms with E-state index in [1.54, 1.807) is 27.4 Å². The van der Waals surface area contributed by atoms with Crippen molar-refractivity contribution in [3.05, 3.63) is 74.3 Å². The molecule has 4 aromatic rings. The average molecular weight is 495 g/mol. The molecule has 2 aromatic carbocycles. The Kier molecular flexibility index (Phi) is 7.67. The monoisotopic (exact) mass is 494 g/mol. The molecule has 0 bridgehead atoms. The van der Waals surface area contributed by atoms with Crippen LogP contribution in [-0.4, -0.2) is 42.0 Å². The molecule has 0 aliphatic carbocycles. The number of benzene rings is 2. The molecule has 1 N–H and O–H groups in total. The summed E-state index contributed by atoms with van der Waals surface area (Å²) in [4.78, 5) is 18.3. The first kappa shape index (κ1) is 24.7. The van der Waals surface area contributed by atoms with Gasteiger partial charge in [-0.2, -0.15) is 4.52 Å². The highest BCUT2D eigenvalue weighted by Crippen LogP contribution is 2.25. The summed E-state index contributed by atoms with van der Waals surface area (Å²) >= 11 is 1.30. The van der Waals surface area contributed by atoms with Gasteiger partial charge in [0.25, 0.3) is 5.56 Å². The number of ether oxygens (including phenoxy) is 3. The van der Waals surface area contributed by atoms with E-state index in [0.717, 1.165) is 23.3 Å². The Morgan fingerprint density at radius 3 is 2.54 bits per heavy atom. The Labute approximate surface area is 208 Å². The predicted molar refractivity (Wildman–Crippen MR) is 138 cm³/mol. The van der Waals surface area contributed by atoms with Crippen LogP contribution in [0.2, 0.25) is 0 Å². The second-order valence-electron chi connectivity index (χ2n) is 8.26. The van der Waals surface area contributed by atoms with Crippen LogP contribution in [0, 0.1) is 0 Å². The van der Waals surface area contributed by atoms with Gasteiger partial charge in [0, 0.05) is 24.1 Å². The summed E-state index contributed by atoms with van der Waals surface area (Å²) in [7, 11) is 4.86. The second-order valence-corrected chi connectivity index (χ2v) is 9.26. The maximum atomic E-state index is 13.1. The minimum atomic E-state index is -0.207. The van der Waals surface area contributed by atoms with Gasteiger partial charge in [-0.05, 0) is 55.3 Å². The highest BCUT2D eigenvalue weighted by Gasteiger charge is 2.19.